The Kier molecular flexibility index (Phi) is 6.04. The summed E-state index contributed by atoms with van der Waals surface area (Å²) in [5.41, 5.74) is -3.47. The summed E-state index contributed by atoms with van der Waals surface area (Å²) in [5.74, 6) is -0.276. The van der Waals surface area contributed by atoms with E-state index in [1.165, 1.54) is 19.2 Å². The number of nitrogens with one attached hydrogen (secondary N) is 1. The largest absolute Gasteiger partial charge is 0.501 e. The number of hydrogen-bond acceptors (Lipinski definition) is 6. The van der Waals surface area contributed by atoms with Crippen molar-refractivity contribution >= 4 is 21.4 Å². The van der Waals surface area contributed by atoms with E-state index in [-0.39, 0.29) is 11.9 Å². The van der Waals surface area contributed by atoms with Crippen LogP contribution in [0.3, 0.4) is 0 Å². The highest BCUT2D eigenvalue weighted by Gasteiger charge is 2.46. The summed E-state index contributed by atoms with van der Waals surface area (Å²) in [6.45, 7) is 3.71. The number of sulfone groups is 1. The van der Waals surface area contributed by atoms with Gasteiger partial charge in [0.25, 0.3) is 15.7 Å². The number of nitrogens with zero attached hydrogens (tertiary/aromatic N) is 3. The fourth-order valence-corrected chi connectivity index (χ4v) is 4.03. The van der Waals surface area contributed by atoms with E-state index in [0.29, 0.717) is 31.1 Å². The molecule has 1 N–H and O–H groups in total. The van der Waals surface area contributed by atoms with Crippen LogP contribution in [0.4, 0.5) is 18.9 Å². The zero-order valence-corrected chi connectivity index (χ0v) is 17.2. The number of carbonyl (C=O) groups excluding carboxylic acids is 1. The van der Waals surface area contributed by atoms with Gasteiger partial charge in [0.15, 0.2) is 0 Å². The molecule has 0 bridgehead atoms. The van der Waals surface area contributed by atoms with Crippen molar-refractivity contribution < 1.29 is 26.4 Å². The third kappa shape index (κ3) is 4.41. The summed E-state index contributed by atoms with van der Waals surface area (Å²) in [4.78, 5) is 19.1. The van der Waals surface area contributed by atoms with Crippen LogP contribution in [0.15, 0.2) is 47.5 Å². The highest BCUT2D eigenvalue weighted by molar-refractivity contribution is 7.92. The molecule has 0 spiro atoms. The van der Waals surface area contributed by atoms with E-state index >= 15 is 0 Å². The van der Waals surface area contributed by atoms with Crippen molar-refractivity contribution in [1.82, 2.24) is 15.2 Å². The number of benzene rings is 1. The molecule has 1 aromatic carbocycles. The van der Waals surface area contributed by atoms with Gasteiger partial charge in [-0.05, 0) is 48.9 Å². The molecule has 1 amide bonds. The summed E-state index contributed by atoms with van der Waals surface area (Å²) in [5, 5.41) is 2.53. The normalized spacial score (nSPS) is 17.9. The minimum absolute atomic E-state index is 0.139. The molecule has 7 nitrogen and oxygen atoms in total. The number of amides is 1. The van der Waals surface area contributed by atoms with Crippen LogP contribution in [-0.2, 0) is 16.4 Å². The fourth-order valence-electron chi connectivity index (χ4n) is 3.27. The maximum Gasteiger partial charge on any atom is 0.501 e. The number of anilines is 1. The zero-order valence-electron chi connectivity index (χ0n) is 16.3. The van der Waals surface area contributed by atoms with Gasteiger partial charge in [0.2, 0.25) is 0 Å². The molecule has 1 saturated heterocycles. The SMILES string of the molecule is CNC(=O)c1cc(CN2CN(c3ccc(S(=O)(=O)C(F)(F)F)cc3)CC2C)ccn1. The molecule has 162 valence electrons. The lowest BCUT2D eigenvalue weighted by Gasteiger charge is -2.21. The molecule has 1 atom stereocenters. The summed E-state index contributed by atoms with van der Waals surface area (Å²) in [6, 6.07) is 8.38. The minimum atomic E-state index is -5.36. The number of carbonyl (C=O) groups is 1. The number of pyridine rings is 1. The third-order valence-electron chi connectivity index (χ3n) is 4.95. The van der Waals surface area contributed by atoms with Crippen LogP contribution in [0.5, 0.6) is 0 Å². The topological polar surface area (TPSA) is 82.6 Å². The lowest BCUT2D eigenvalue weighted by Crippen LogP contribution is -2.28. The number of aromatic nitrogens is 1. The van der Waals surface area contributed by atoms with Crippen LogP contribution < -0.4 is 10.2 Å². The molecule has 0 aliphatic carbocycles. The van der Waals surface area contributed by atoms with Crippen molar-refractivity contribution in [3.05, 3.63) is 53.9 Å². The number of alkyl halides is 3. The Balaban J connectivity index is 1.72. The van der Waals surface area contributed by atoms with Crippen molar-refractivity contribution in [1.29, 1.82) is 0 Å². The van der Waals surface area contributed by atoms with Crippen LogP contribution in [0.1, 0.15) is 23.0 Å². The predicted octanol–water partition coefficient (Wildman–Crippen LogP) is 2.40. The second-order valence-corrected chi connectivity index (χ2v) is 8.97. The van der Waals surface area contributed by atoms with Crippen molar-refractivity contribution in [2.24, 2.45) is 0 Å². The van der Waals surface area contributed by atoms with E-state index in [2.05, 4.69) is 15.2 Å². The van der Waals surface area contributed by atoms with Gasteiger partial charge in [-0.3, -0.25) is 14.7 Å². The highest BCUT2D eigenvalue weighted by atomic mass is 32.2. The molecule has 1 aliphatic heterocycles. The van der Waals surface area contributed by atoms with Crippen molar-refractivity contribution in [2.45, 2.75) is 29.9 Å². The monoisotopic (exact) mass is 442 g/mol. The number of rotatable bonds is 5. The van der Waals surface area contributed by atoms with Crippen LogP contribution in [0, 0.1) is 0 Å². The van der Waals surface area contributed by atoms with Crippen molar-refractivity contribution in [3.63, 3.8) is 0 Å². The first-order valence-corrected chi connectivity index (χ1v) is 10.6. The van der Waals surface area contributed by atoms with Gasteiger partial charge in [-0.2, -0.15) is 13.2 Å². The average Bonchev–Trinajstić information content (AvgIpc) is 3.07. The second-order valence-electron chi connectivity index (χ2n) is 7.03. The maximum atomic E-state index is 12.7. The summed E-state index contributed by atoms with van der Waals surface area (Å²) >= 11 is 0. The first-order chi connectivity index (χ1) is 14.0. The van der Waals surface area contributed by atoms with E-state index in [1.807, 2.05) is 17.9 Å². The lowest BCUT2D eigenvalue weighted by atomic mass is 10.2. The molecule has 1 fully saturated rings. The average molecular weight is 442 g/mol. The van der Waals surface area contributed by atoms with E-state index in [4.69, 9.17) is 0 Å². The molecule has 0 saturated carbocycles. The summed E-state index contributed by atoms with van der Waals surface area (Å²) < 4.78 is 61.1. The first kappa shape index (κ1) is 22.0. The van der Waals surface area contributed by atoms with Gasteiger partial charge in [-0.1, -0.05) is 0 Å². The molecule has 3 rings (SSSR count). The lowest BCUT2D eigenvalue weighted by molar-refractivity contribution is -0.0436. The molecule has 30 heavy (non-hydrogen) atoms. The van der Waals surface area contributed by atoms with Gasteiger partial charge in [0.1, 0.15) is 5.69 Å². The Bertz CT molecular complexity index is 1030. The maximum absolute atomic E-state index is 12.7. The Morgan fingerprint density at radius 3 is 2.50 bits per heavy atom. The van der Waals surface area contributed by atoms with E-state index < -0.39 is 20.2 Å². The van der Waals surface area contributed by atoms with Gasteiger partial charge in [0.05, 0.1) is 11.6 Å². The Labute approximate surface area is 172 Å². The molecular weight excluding hydrogens is 421 g/mol. The number of halogens is 3. The fraction of sp³-hybridized carbons (Fsp3) is 0.368. The van der Waals surface area contributed by atoms with Gasteiger partial charge in [0, 0.05) is 38.1 Å². The van der Waals surface area contributed by atoms with Crippen LogP contribution in [-0.4, -0.2) is 56.0 Å². The van der Waals surface area contributed by atoms with Crippen LogP contribution in [0.2, 0.25) is 0 Å². The molecule has 0 radical (unpaired) electrons. The minimum Gasteiger partial charge on any atom is -0.357 e. The Morgan fingerprint density at radius 1 is 1.23 bits per heavy atom. The molecule has 1 unspecified atom stereocenters. The van der Waals surface area contributed by atoms with E-state index in [9.17, 15) is 26.4 Å². The molecular formula is C19H21F3N4O3S. The van der Waals surface area contributed by atoms with Crippen molar-refractivity contribution in [3.8, 4) is 0 Å². The standard InChI is InChI=1S/C19H21F3N4O3S/c1-13-10-26(15-3-5-16(6-4-15)30(28,29)19(20,21)22)12-25(13)11-14-7-8-24-17(9-14)18(27)23-2/h3-9,13H,10-12H2,1-2H3,(H,23,27). The van der Waals surface area contributed by atoms with E-state index in [0.717, 1.165) is 17.7 Å². The van der Waals surface area contributed by atoms with Crippen LogP contribution in [0.25, 0.3) is 0 Å². The summed E-state index contributed by atoms with van der Waals surface area (Å²) in [6.07, 6.45) is 1.57. The first-order valence-electron chi connectivity index (χ1n) is 9.10. The molecule has 1 aliphatic rings. The molecule has 11 heteroatoms. The van der Waals surface area contributed by atoms with Crippen LogP contribution >= 0.6 is 0 Å². The van der Waals surface area contributed by atoms with Gasteiger partial charge >= 0.3 is 5.51 Å². The smallest absolute Gasteiger partial charge is 0.357 e. The highest BCUT2D eigenvalue weighted by Crippen LogP contribution is 2.32. The predicted molar refractivity (Wildman–Crippen MR) is 105 cm³/mol. The van der Waals surface area contributed by atoms with Gasteiger partial charge in [-0.15, -0.1) is 0 Å². The summed E-state index contributed by atoms with van der Waals surface area (Å²) in [7, 11) is -3.83. The number of hydrogen-bond donors (Lipinski definition) is 1. The molecule has 2 aromatic rings. The zero-order chi connectivity index (χ0) is 22.1. The second kappa shape index (κ2) is 8.23. The van der Waals surface area contributed by atoms with Gasteiger partial charge < -0.3 is 10.2 Å². The third-order valence-corrected chi connectivity index (χ3v) is 6.45. The quantitative estimate of drug-likeness (QED) is 0.766. The van der Waals surface area contributed by atoms with E-state index in [1.54, 1.807) is 12.3 Å². The molecule has 1 aromatic heterocycles. The Morgan fingerprint density at radius 2 is 1.90 bits per heavy atom. The van der Waals surface area contributed by atoms with Gasteiger partial charge in [-0.25, -0.2) is 8.42 Å². The molecule has 2 heterocycles. The Hall–Kier alpha value is -2.66. The van der Waals surface area contributed by atoms with Crippen molar-refractivity contribution in [2.75, 3.05) is 25.2 Å².